The monoisotopic (exact) mass is 458 g/mol. The van der Waals surface area contributed by atoms with E-state index in [1.165, 1.54) is 35.0 Å². The van der Waals surface area contributed by atoms with E-state index in [0.29, 0.717) is 22.4 Å². The van der Waals surface area contributed by atoms with Crippen molar-refractivity contribution in [3.63, 3.8) is 0 Å². The standard InChI is InChI=1S/C23H17F3N2O3S/c1-28-22(15-5-10-18(11-6-15)32(2,29)30)21(14-3-7-16(24)8-4-14)23(27-28)31-17-9-12-19(25)20(26)13-17/h3-13H,1-2H3. The van der Waals surface area contributed by atoms with Gasteiger partial charge in [-0.3, -0.25) is 4.68 Å². The molecule has 3 aromatic carbocycles. The van der Waals surface area contributed by atoms with Crippen LogP contribution in [0.1, 0.15) is 0 Å². The van der Waals surface area contributed by atoms with Crippen molar-refractivity contribution in [2.24, 2.45) is 7.05 Å². The van der Waals surface area contributed by atoms with Crippen LogP contribution < -0.4 is 4.74 Å². The smallest absolute Gasteiger partial charge is 0.246 e. The van der Waals surface area contributed by atoms with Crippen LogP contribution in [0.4, 0.5) is 13.2 Å². The van der Waals surface area contributed by atoms with Crippen LogP contribution in [0.3, 0.4) is 0 Å². The number of halogens is 3. The van der Waals surface area contributed by atoms with Gasteiger partial charge in [-0.15, -0.1) is 5.10 Å². The number of sulfone groups is 1. The van der Waals surface area contributed by atoms with E-state index in [4.69, 9.17) is 4.74 Å². The second kappa shape index (κ2) is 8.16. The molecule has 0 saturated carbocycles. The third-order valence-electron chi connectivity index (χ3n) is 4.81. The summed E-state index contributed by atoms with van der Waals surface area (Å²) in [5, 5.41) is 4.37. The summed E-state index contributed by atoms with van der Waals surface area (Å²) in [7, 11) is -1.72. The van der Waals surface area contributed by atoms with Gasteiger partial charge in [0, 0.05) is 24.9 Å². The molecule has 0 radical (unpaired) electrons. The van der Waals surface area contributed by atoms with E-state index in [1.807, 2.05) is 0 Å². The Morgan fingerprint density at radius 2 is 1.47 bits per heavy atom. The zero-order chi connectivity index (χ0) is 23.0. The molecule has 0 atom stereocenters. The van der Waals surface area contributed by atoms with E-state index in [2.05, 4.69) is 5.10 Å². The van der Waals surface area contributed by atoms with Gasteiger partial charge in [0.2, 0.25) is 5.88 Å². The fraction of sp³-hybridized carbons (Fsp3) is 0.0870. The Labute approximate surface area is 182 Å². The number of benzene rings is 3. The molecular weight excluding hydrogens is 441 g/mol. The normalized spacial score (nSPS) is 11.5. The van der Waals surface area contributed by atoms with E-state index in [9.17, 15) is 21.6 Å². The molecular formula is C23H17F3N2O3S. The SMILES string of the molecule is Cn1nc(Oc2ccc(F)c(F)c2)c(-c2ccc(F)cc2)c1-c1ccc(S(C)(=O)=O)cc1. The van der Waals surface area contributed by atoms with Gasteiger partial charge in [-0.2, -0.15) is 0 Å². The van der Waals surface area contributed by atoms with Crippen molar-refractivity contribution < 1.29 is 26.3 Å². The molecule has 9 heteroatoms. The highest BCUT2D eigenvalue weighted by molar-refractivity contribution is 7.90. The Morgan fingerprint density at radius 3 is 2.06 bits per heavy atom. The fourth-order valence-electron chi connectivity index (χ4n) is 3.29. The highest BCUT2D eigenvalue weighted by atomic mass is 32.2. The zero-order valence-electron chi connectivity index (χ0n) is 17.0. The first-order chi connectivity index (χ1) is 15.1. The van der Waals surface area contributed by atoms with Gasteiger partial charge >= 0.3 is 0 Å². The molecule has 0 bridgehead atoms. The van der Waals surface area contributed by atoms with Gasteiger partial charge < -0.3 is 4.74 Å². The molecule has 0 fully saturated rings. The third kappa shape index (κ3) is 4.24. The lowest BCUT2D eigenvalue weighted by Crippen LogP contribution is -1.98. The van der Waals surface area contributed by atoms with Crippen LogP contribution in [-0.4, -0.2) is 24.5 Å². The van der Waals surface area contributed by atoms with Gasteiger partial charge in [-0.05, 0) is 42.0 Å². The van der Waals surface area contributed by atoms with Crippen molar-refractivity contribution >= 4 is 9.84 Å². The highest BCUT2D eigenvalue weighted by Crippen LogP contribution is 2.41. The molecule has 164 valence electrons. The van der Waals surface area contributed by atoms with Crippen molar-refractivity contribution in [1.29, 1.82) is 0 Å². The van der Waals surface area contributed by atoms with Gasteiger partial charge in [-0.25, -0.2) is 21.6 Å². The number of aryl methyl sites for hydroxylation is 1. The molecule has 4 rings (SSSR count). The number of hydrogen-bond donors (Lipinski definition) is 0. The van der Waals surface area contributed by atoms with Gasteiger partial charge in [-0.1, -0.05) is 24.3 Å². The molecule has 0 spiro atoms. The van der Waals surface area contributed by atoms with E-state index in [0.717, 1.165) is 18.4 Å². The van der Waals surface area contributed by atoms with Crippen molar-refractivity contribution in [3.8, 4) is 34.0 Å². The molecule has 0 aliphatic rings. The van der Waals surface area contributed by atoms with Crippen LogP contribution in [0.2, 0.25) is 0 Å². The molecule has 0 aliphatic carbocycles. The summed E-state index contributed by atoms with van der Waals surface area (Å²) in [6.07, 6.45) is 1.11. The van der Waals surface area contributed by atoms with E-state index < -0.39 is 27.3 Å². The van der Waals surface area contributed by atoms with Crippen molar-refractivity contribution in [3.05, 3.63) is 84.2 Å². The minimum absolute atomic E-state index is 0.0318. The summed E-state index contributed by atoms with van der Waals surface area (Å²) < 4.78 is 71.4. The van der Waals surface area contributed by atoms with E-state index in [-0.39, 0.29) is 16.5 Å². The maximum atomic E-state index is 13.7. The van der Waals surface area contributed by atoms with Crippen LogP contribution in [0, 0.1) is 17.5 Å². The molecule has 0 saturated heterocycles. The Hall–Kier alpha value is -3.59. The predicted molar refractivity (Wildman–Crippen MR) is 114 cm³/mol. The summed E-state index contributed by atoms with van der Waals surface area (Å²) in [6.45, 7) is 0. The van der Waals surface area contributed by atoms with Crippen molar-refractivity contribution in [2.45, 2.75) is 4.90 Å². The first kappa shape index (κ1) is 21.6. The van der Waals surface area contributed by atoms with Crippen LogP contribution in [0.25, 0.3) is 22.4 Å². The van der Waals surface area contributed by atoms with Crippen LogP contribution in [0.15, 0.2) is 71.6 Å². The molecule has 1 heterocycles. The third-order valence-corrected chi connectivity index (χ3v) is 5.94. The second-order valence-corrected chi connectivity index (χ2v) is 9.15. The Kier molecular flexibility index (Phi) is 5.52. The molecule has 0 unspecified atom stereocenters. The molecule has 0 amide bonds. The van der Waals surface area contributed by atoms with Gasteiger partial charge in [0.1, 0.15) is 11.6 Å². The average Bonchev–Trinajstić information content (AvgIpc) is 3.06. The largest absolute Gasteiger partial charge is 0.437 e. The molecule has 32 heavy (non-hydrogen) atoms. The van der Waals surface area contributed by atoms with Gasteiger partial charge in [0.15, 0.2) is 21.5 Å². The van der Waals surface area contributed by atoms with Crippen LogP contribution in [-0.2, 0) is 16.9 Å². The average molecular weight is 458 g/mol. The second-order valence-electron chi connectivity index (χ2n) is 7.13. The minimum Gasteiger partial charge on any atom is -0.437 e. The lowest BCUT2D eigenvalue weighted by molar-refractivity contribution is 0.442. The van der Waals surface area contributed by atoms with Crippen LogP contribution in [0.5, 0.6) is 11.6 Å². The number of nitrogens with zero attached hydrogens (tertiary/aromatic N) is 2. The number of hydrogen-bond acceptors (Lipinski definition) is 4. The van der Waals surface area contributed by atoms with E-state index in [1.54, 1.807) is 31.3 Å². The Bertz CT molecular complexity index is 1400. The summed E-state index contributed by atoms with van der Waals surface area (Å²) in [5.41, 5.74) is 2.24. The summed E-state index contributed by atoms with van der Waals surface area (Å²) in [6, 6.07) is 14.9. The predicted octanol–water partition coefficient (Wildman–Crippen LogP) is 5.37. The topological polar surface area (TPSA) is 61.2 Å². The molecule has 5 nitrogen and oxygen atoms in total. The van der Waals surface area contributed by atoms with Crippen LogP contribution >= 0.6 is 0 Å². The maximum Gasteiger partial charge on any atom is 0.246 e. The number of aromatic nitrogens is 2. The zero-order valence-corrected chi connectivity index (χ0v) is 17.8. The molecule has 1 aromatic heterocycles. The minimum atomic E-state index is -3.38. The fourth-order valence-corrected chi connectivity index (χ4v) is 3.92. The first-order valence-corrected chi connectivity index (χ1v) is 11.3. The lowest BCUT2D eigenvalue weighted by atomic mass is 10.0. The summed E-state index contributed by atoms with van der Waals surface area (Å²) in [5.74, 6) is -2.39. The lowest BCUT2D eigenvalue weighted by Gasteiger charge is -2.10. The number of rotatable bonds is 5. The molecule has 4 aromatic rings. The Balaban J connectivity index is 1.88. The number of ether oxygens (including phenoxy) is 1. The molecule has 0 aliphatic heterocycles. The molecule has 0 N–H and O–H groups in total. The first-order valence-electron chi connectivity index (χ1n) is 9.40. The van der Waals surface area contributed by atoms with Gasteiger partial charge in [0.25, 0.3) is 0 Å². The quantitative estimate of drug-likeness (QED) is 0.404. The highest BCUT2D eigenvalue weighted by Gasteiger charge is 2.22. The van der Waals surface area contributed by atoms with Crippen molar-refractivity contribution in [1.82, 2.24) is 9.78 Å². The Morgan fingerprint density at radius 1 is 0.844 bits per heavy atom. The summed E-state index contributed by atoms with van der Waals surface area (Å²) >= 11 is 0. The summed E-state index contributed by atoms with van der Waals surface area (Å²) in [4.78, 5) is 0.157. The van der Waals surface area contributed by atoms with E-state index >= 15 is 0 Å². The van der Waals surface area contributed by atoms with Crippen molar-refractivity contribution in [2.75, 3.05) is 6.26 Å². The van der Waals surface area contributed by atoms with Gasteiger partial charge in [0.05, 0.1) is 16.2 Å². The maximum absolute atomic E-state index is 13.7.